The number of rotatable bonds is 15. The fourth-order valence-corrected chi connectivity index (χ4v) is 6.87. The van der Waals surface area contributed by atoms with Gasteiger partial charge in [0.15, 0.2) is 0 Å². The molecule has 58 heavy (non-hydrogen) atoms. The lowest BCUT2D eigenvalue weighted by Gasteiger charge is -2.35. The fraction of sp³-hybridized carbons (Fsp3) is 0.375. The minimum atomic E-state index is -5.34. The first-order valence-corrected chi connectivity index (χ1v) is 19.1. The highest BCUT2D eigenvalue weighted by molar-refractivity contribution is 9.10. The largest absolute Gasteiger partial charge is 0.507 e. The average molecular weight is 911 g/mol. The SMILES string of the molecule is C/C=C(\C(=C/N(C=O)C(C(=O)N[C@@H](CC(=O)OCC)c1cc(-c2c(O)cccc2Cl)cc(C(F)(F)F)c1F)c1cccc(Br)c1)CCN1CC(F)C1)C(F)(F)F.CC. The number of phenols is 1. The van der Waals surface area contributed by atoms with Crippen LogP contribution in [0.2, 0.25) is 5.02 Å². The van der Waals surface area contributed by atoms with Gasteiger partial charge in [0, 0.05) is 41.4 Å². The minimum absolute atomic E-state index is 0.0160. The van der Waals surface area contributed by atoms with E-state index in [0.29, 0.717) is 15.4 Å². The van der Waals surface area contributed by atoms with Crippen molar-refractivity contribution in [1.29, 1.82) is 0 Å². The molecule has 0 radical (unpaired) electrons. The minimum Gasteiger partial charge on any atom is -0.507 e. The lowest BCUT2D eigenvalue weighted by atomic mass is 9.93. The highest BCUT2D eigenvalue weighted by atomic mass is 79.9. The van der Waals surface area contributed by atoms with Crippen LogP contribution >= 0.6 is 27.5 Å². The molecule has 3 aromatic rings. The van der Waals surface area contributed by atoms with Gasteiger partial charge in [-0.05, 0) is 73.4 Å². The van der Waals surface area contributed by atoms with Crippen LogP contribution in [-0.2, 0) is 25.3 Å². The number of likely N-dealkylation sites (tertiary alicyclic amines) is 1. The third-order valence-electron chi connectivity index (χ3n) is 8.74. The highest BCUT2D eigenvalue weighted by Crippen LogP contribution is 2.43. The molecule has 1 fully saturated rings. The van der Waals surface area contributed by atoms with E-state index in [4.69, 9.17) is 16.3 Å². The molecular formula is C40H41BrClF8N3O5. The Bertz CT molecular complexity index is 1970. The first-order valence-electron chi connectivity index (χ1n) is 17.9. The number of nitrogens with zero attached hydrogens (tertiary/aromatic N) is 2. The smallest absolute Gasteiger partial charge is 0.419 e. The third-order valence-corrected chi connectivity index (χ3v) is 9.55. The van der Waals surface area contributed by atoms with Gasteiger partial charge < -0.3 is 20.1 Å². The van der Waals surface area contributed by atoms with E-state index in [1.807, 2.05) is 13.8 Å². The number of ether oxygens (including phenoxy) is 1. The number of allylic oxidation sites excluding steroid dienone is 2. The average Bonchev–Trinajstić information content (AvgIpc) is 3.12. The van der Waals surface area contributed by atoms with Crippen LogP contribution < -0.4 is 5.32 Å². The van der Waals surface area contributed by atoms with Crippen molar-refractivity contribution < 1.29 is 59.4 Å². The Labute approximate surface area is 343 Å². The van der Waals surface area contributed by atoms with Gasteiger partial charge in [-0.1, -0.05) is 65.7 Å². The molecule has 1 aliphatic rings. The molecule has 0 spiro atoms. The Morgan fingerprint density at radius 3 is 2.28 bits per heavy atom. The van der Waals surface area contributed by atoms with Crippen molar-refractivity contribution in [3.05, 3.63) is 110 Å². The monoisotopic (exact) mass is 909 g/mol. The molecule has 1 heterocycles. The van der Waals surface area contributed by atoms with Gasteiger partial charge >= 0.3 is 18.3 Å². The molecule has 0 bridgehead atoms. The Balaban J connectivity index is 0.00000443. The Kier molecular flexibility index (Phi) is 17.3. The third kappa shape index (κ3) is 12.3. The Hall–Kier alpha value is -4.48. The van der Waals surface area contributed by atoms with Crippen molar-refractivity contribution in [3.63, 3.8) is 0 Å². The summed E-state index contributed by atoms with van der Waals surface area (Å²) in [5.41, 5.74) is -5.15. The highest BCUT2D eigenvalue weighted by Gasteiger charge is 2.40. The van der Waals surface area contributed by atoms with Crippen molar-refractivity contribution in [1.82, 2.24) is 15.1 Å². The lowest BCUT2D eigenvalue weighted by molar-refractivity contribution is -0.144. The zero-order chi connectivity index (χ0) is 43.5. The molecule has 8 nitrogen and oxygen atoms in total. The number of benzene rings is 3. The van der Waals surface area contributed by atoms with Gasteiger partial charge in [0.05, 0.1) is 35.2 Å². The van der Waals surface area contributed by atoms with Gasteiger partial charge in [-0.15, -0.1) is 0 Å². The van der Waals surface area contributed by atoms with Gasteiger partial charge in [0.1, 0.15) is 23.8 Å². The van der Waals surface area contributed by atoms with Gasteiger partial charge in [-0.3, -0.25) is 19.3 Å². The topological polar surface area (TPSA) is 99.2 Å². The molecule has 1 saturated heterocycles. The molecule has 4 rings (SSSR count). The van der Waals surface area contributed by atoms with Crippen molar-refractivity contribution in [3.8, 4) is 16.9 Å². The second-order valence-corrected chi connectivity index (χ2v) is 13.9. The molecule has 0 aromatic heterocycles. The van der Waals surface area contributed by atoms with Crippen LogP contribution in [0.25, 0.3) is 11.1 Å². The molecule has 2 atom stereocenters. The summed E-state index contributed by atoms with van der Waals surface area (Å²) in [6, 6.07) is 6.74. The number of halogens is 10. The summed E-state index contributed by atoms with van der Waals surface area (Å²) < 4.78 is 121. The zero-order valence-corrected chi connectivity index (χ0v) is 34.0. The molecule has 0 saturated carbocycles. The molecule has 0 aliphatic carbocycles. The molecule has 316 valence electrons. The van der Waals surface area contributed by atoms with E-state index < -0.39 is 88.3 Å². The van der Waals surface area contributed by atoms with E-state index in [9.17, 15) is 50.2 Å². The predicted molar refractivity (Wildman–Crippen MR) is 206 cm³/mol. The summed E-state index contributed by atoms with van der Waals surface area (Å²) in [4.78, 5) is 42.2. The summed E-state index contributed by atoms with van der Waals surface area (Å²) in [5.74, 6) is -4.82. The number of hydrogen-bond acceptors (Lipinski definition) is 6. The molecule has 18 heteroatoms. The number of esters is 1. The summed E-state index contributed by atoms with van der Waals surface area (Å²) >= 11 is 9.47. The van der Waals surface area contributed by atoms with Crippen molar-refractivity contribution in [2.75, 3.05) is 26.2 Å². The Morgan fingerprint density at radius 1 is 1.09 bits per heavy atom. The number of amides is 2. The van der Waals surface area contributed by atoms with Crippen molar-refractivity contribution in [2.45, 2.75) is 71.1 Å². The van der Waals surface area contributed by atoms with E-state index >= 15 is 4.39 Å². The van der Waals surface area contributed by atoms with Crippen LogP contribution in [-0.4, -0.2) is 71.8 Å². The summed E-state index contributed by atoms with van der Waals surface area (Å²) in [6.45, 7) is 6.24. The maximum atomic E-state index is 16.1. The summed E-state index contributed by atoms with van der Waals surface area (Å²) in [7, 11) is 0. The van der Waals surface area contributed by atoms with Crippen molar-refractivity contribution >= 4 is 45.8 Å². The lowest BCUT2D eigenvalue weighted by Crippen LogP contribution is -2.48. The molecular weight excluding hydrogens is 870 g/mol. The van der Waals surface area contributed by atoms with E-state index in [-0.39, 0.29) is 55.2 Å². The van der Waals surface area contributed by atoms with E-state index in [2.05, 4.69) is 21.2 Å². The molecule has 1 unspecified atom stereocenters. The fourth-order valence-electron chi connectivity index (χ4n) is 6.17. The van der Waals surface area contributed by atoms with Gasteiger partial charge in [0.2, 0.25) is 12.3 Å². The number of aromatic hydroxyl groups is 1. The first-order chi connectivity index (χ1) is 27.3. The second-order valence-electron chi connectivity index (χ2n) is 12.6. The number of hydrogen-bond donors (Lipinski definition) is 2. The van der Waals surface area contributed by atoms with Crippen molar-refractivity contribution in [2.24, 2.45) is 0 Å². The number of alkyl halides is 7. The van der Waals surface area contributed by atoms with Crippen LogP contribution in [0.1, 0.15) is 69.3 Å². The number of phenolic OH excluding ortho intramolecular Hbond substituents is 1. The maximum Gasteiger partial charge on any atom is 0.419 e. The van der Waals surface area contributed by atoms with E-state index in [1.165, 1.54) is 43.3 Å². The van der Waals surface area contributed by atoms with Gasteiger partial charge in [-0.2, -0.15) is 26.3 Å². The summed E-state index contributed by atoms with van der Waals surface area (Å²) in [6.07, 6.45) is -11.1. The first kappa shape index (κ1) is 47.9. The van der Waals surface area contributed by atoms with Crippen LogP contribution in [0.5, 0.6) is 5.75 Å². The van der Waals surface area contributed by atoms with Crippen LogP contribution in [0.3, 0.4) is 0 Å². The predicted octanol–water partition coefficient (Wildman–Crippen LogP) is 10.4. The molecule has 2 N–H and O–H groups in total. The standard InChI is InChI=1S/C38H35BrClF8N3O5.C2H6/c1-3-27(37(43,44)45)22(11-12-50-18-25(41)19-50)17-51(20-52)35(21-7-5-8-24(39)13-21)36(55)49-30(16-32(54)56-4-2)26-14-23(15-28(34(26)42)38(46,47)48)33-29(40)9-6-10-31(33)53;1-2/h3,5-10,13-15,17,20,25,30,35,53H,4,11-12,16,18-19H2,1-2H3,(H,49,55);1-2H3/b22-17-,27-3+;/t30-,35?;/m0./s1. The van der Waals surface area contributed by atoms with E-state index in [1.54, 1.807) is 4.90 Å². The molecule has 2 amide bonds. The summed E-state index contributed by atoms with van der Waals surface area (Å²) in [5, 5.41) is 12.6. The van der Waals surface area contributed by atoms with Gasteiger partial charge in [-0.25, -0.2) is 8.78 Å². The van der Waals surface area contributed by atoms with Gasteiger partial charge in [0.25, 0.3) is 0 Å². The maximum absolute atomic E-state index is 16.1. The van der Waals surface area contributed by atoms with Crippen LogP contribution in [0, 0.1) is 5.82 Å². The second kappa shape index (κ2) is 21.0. The van der Waals surface area contributed by atoms with Crippen LogP contribution in [0.15, 0.2) is 82.5 Å². The quantitative estimate of drug-likeness (QED) is 0.0682. The number of nitrogens with one attached hydrogen (secondary N) is 1. The number of carbonyl (C=O) groups excluding carboxylic acids is 3. The Morgan fingerprint density at radius 2 is 1.74 bits per heavy atom. The zero-order valence-electron chi connectivity index (χ0n) is 31.7. The van der Waals surface area contributed by atoms with Crippen LogP contribution in [0.4, 0.5) is 35.1 Å². The molecule has 1 aliphatic heterocycles. The number of carbonyl (C=O) groups is 3. The van der Waals surface area contributed by atoms with E-state index in [0.717, 1.165) is 31.3 Å². The normalized spacial score (nSPS) is 15.1. The molecule has 3 aromatic carbocycles.